The molecule has 12 heteroatoms. The van der Waals surface area contributed by atoms with Gasteiger partial charge in [-0.1, -0.05) is 36.7 Å². The molecule has 7 nitrogen and oxygen atoms in total. The lowest BCUT2D eigenvalue weighted by atomic mass is 9.95. The molecule has 34 heavy (non-hydrogen) atoms. The molecule has 0 unspecified atom stereocenters. The summed E-state index contributed by atoms with van der Waals surface area (Å²) >= 11 is 2.95. The van der Waals surface area contributed by atoms with Crippen LogP contribution in [0.15, 0.2) is 27.6 Å². The average molecular weight is 568 g/mol. The van der Waals surface area contributed by atoms with Gasteiger partial charge in [0.15, 0.2) is 0 Å². The van der Waals surface area contributed by atoms with Gasteiger partial charge in [-0.2, -0.15) is 13.2 Å². The molecule has 2 aliphatic heterocycles. The van der Waals surface area contributed by atoms with Crippen LogP contribution in [0.3, 0.4) is 0 Å². The second-order valence-electron chi connectivity index (χ2n) is 9.85. The second-order valence-corrected chi connectivity index (χ2v) is 12.4. The van der Waals surface area contributed by atoms with Gasteiger partial charge in [-0.3, -0.25) is 9.59 Å². The summed E-state index contributed by atoms with van der Waals surface area (Å²) in [5.74, 6) is -0.364. The lowest BCUT2D eigenvalue weighted by molar-refractivity contribution is -0.141. The number of alkyl halides is 3. The number of likely N-dealkylation sites (tertiary alicyclic amines) is 2. The van der Waals surface area contributed by atoms with Crippen molar-refractivity contribution >= 4 is 37.8 Å². The number of hydrogen-bond acceptors (Lipinski definition) is 4. The molecule has 1 atom stereocenters. The lowest BCUT2D eigenvalue weighted by Gasteiger charge is -2.34. The first-order valence-electron chi connectivity index (χ1n) is 11.1. The van der Waals surface area contributed by atoms with Crippen molar-refractivity contribution in [1.29, 1.82) is 0 Å². The van der Waals surface area contributed by atoms with Crippen LogP contribution in [-0.2, 0) is 25.8 Å². The summed E-state index contributed by atoms with van der Waals surface area (Å²) in [6, 6.07) is 2.34. The molecule has 2 fully saturated rings. The molecule has 190 valence electrons. The Kier molecular flexibility index (Phi) is 7.74. The van der Waals surface area contributed by atoms with Crippen LogP contribution in [0.2, 0.25) is 0 Å². The van der Waals surface area contributed by atoms with Crippen LogP contribution in [0.25, 0.3) is 0 Å². The predicted molar refractivity (Wildman–Crippen MR) is 123 cm³/mol. The van der Waals surface area contributed by atoms with Gasteiger partial charge in [0, 0.05) is 42.1 Å². The van der Waals surface area contributed by atoms with Crippen molar-refractivity contribution in [2.45, 2.75) is 57.1 Å². The topological polar surface area (TPSA) is 86.8 Å². The Morgan fingerprint density at radius 2 is 1.62 bits per heavy atom. The van der Waals surface area contributed by atoms with E-state index in [4.69, 9.17) is 0 Å². The van der Waals surface area contributed by atoms with Gasteiger partial charge in [0.25, 0.3) is 0 Å². The number of hydrogen-bond donors (Lipinski definition) is 1. The van der Waals surface area contributed by atoms with Crippen LogP contribution in [0.1, 0.15) is 45.6 Å². The summed E-state index contributed by atoms with van der Waals surface area (Å²) in [7, 11) is -4.41. The Balaban J connectivity index is 1.60. The number of carbonyl (C=O) groups is 2. The molecular formula is C22H29BrF3N3O4S. The number of piperidine rings is 1. The molecule has 0 aliphatic carbocycles. The summed E-state index contributed by atoms with van der Waals surface area (Å²) in [4.78, 5) is 27.9. The van der Waals surface area contributed by atoms with E-state index in [1.165, 1.54) is 6.07 Å². The largest absolute Gasteiger partial charge is 0.417 e. The molecule has 0 saturated carbocycles. The Bertz CT molecular complexity index is 1050. The quantitative estimate of drug-likeness (QED) is 0.602. The van der Waals surface area contributed by atoms with E-state index in [1.807, 2.05) is 20.8 Å². The molecule has 3 rings (SSSR count). The fourth-order valence-corrected chi connectivity index (χ4v) is 6.21. The number of rotatable bonds is 4. The number of nitrogens with zero attached hydrogens (tertiary/aromatic N) is 2. The van der Waals surface area contributed by atoms with Crippen molar-refractivity contribution in [3.63, 3.8) is 0 Å². The maximum atomic E-state index is 13.4. The maximum absolute atomic E-state index is 13.4. The molecule has 2 aliphatic rings. The standard InChI is InChI=1S/C22H29BrF3N3O4S/c1-21(2,3)20(31)29-9-6-14(13-29)19(30)28-10-7-16(8-11-28)27-34(32,33)18-5-4-15(23)12-17(18)22(24,25)26/h4-5,12,14,16,27H,6-11,13H2,1-3H3/t14-/m1/s1. The molecule has 0 bridgehead atoms. The number of carbonyl (C=O) groups excluding carboxylic acids is 2. The second kappa shape index (κ2) is 9.77. The molecule has 2 heterocycles. The third-order valence-electron chi connectivity index (χ3n) is 6.13. The molecular weight excluding hydrogens is 539 g/mol. The van der Waals surface area contributed by atoms with Gasteiger partial charge < -0.3 is 9.80 Å². The summed E-state index contributed by atoms with van der Waals surface area (Å²) in [6.07, 6.45) is -3.66. The molecule has 0 radical (unpaired) electrons. The monoisotopic (exact) mass is 567 g/mol. The highest BCUT2D eigenvalue weighted by Crippen LogP contribution is 2.36. The minimum absolute atomic E-state index is 0.00193. The average Bonchev–Trinajstić information content (AvgIpc) is 3.21. The van der Waals surface area contributed by atoms with E-state index in [1.54, 1.807) is 9.80 Å². The first-order chi connectivity index (χ1) is 15.6. The van der Waals surface area contributed by atoms with Gasteiger partial charge in [-0.05, 0) is 37.5 Å². The SMILES string of the molecule is CC(C)(C)C(=O)N1CC[C@@H](C(=O)N2CCC(NS(=O)(=O)c3ccc(Br)cc3C(F)(F)F)CC2)C1. The molecule has 1 aromatic carbocycles. The van der Waals surface area contributed by atoms with E-state index in [0.29, 0.717) is 45.4 Å². The first kappa shape index (κ1) is 26.9. The van der Waals surface area contributed by atoms with Gasteiger partial charge in [0.05, 0.1) is 16.4 Å². The van der Waals surface area contributed by atoms with Crippen molar-refractivity contribution in [2.75, 3.05) is 26.2 Å². The summed E-state index contributed by atoms with van der Waals surface area (Å²) in [5.41, 5.74) is -1.76. The third-order valence-corrected chi connectivity index (χ3v) is 8.20. The normalized spacial score (nSPS) is 20.6. The fourth-order valence-electron chi connectivity index (χ4n) is 4.34. The fraction of sp³-hybridized carbons (Fsp3) is 0.636. The Hall–Kier alpha value is -1.66. The predicted octanol–water partition coefficient (Wildman–Crippen LogP) is 3.63. The van der Waals surface area contributed by atoms with Gasteiger partial charge in [-0.25, -0.2) is 13.1 Å². The van der Waals surface area contributed by atoms with Crippen LogP contribution in [0.4, 0.5) is 13.2 Å². The molecule has 0 spiro atoms. The molecule has 2 amide bonds. The van der Waals surface area contributed by atoms with Crippen LogP contribution in [0, 0.1) is 11.3 Å². The van der Waals surface area contributed by atoms with Crippen LogP contribution in [-0.4, -0.2) is 62.3 Å². The van der Waals surface area contributed by atoms with E-state index in [2.05, 4.69) is 20.7 Å². The lowest BCUT2D eigenvalue weighted by Crippen LogP contribution is -2.48. The molecule has 2 saturated heterocycles. The maximum Gasteiger partial charge on any atom is 0.417 e. The highest BCUT2D eigenvalue weighted by Gasteiger charge is 2.40. The smallest absolute Gasteiger partial charge is 0.342 e. The Morgan fingerprint density at radius 1 is 1.03 bits per heavy atom. The van der Waals surface area contributed by atoms with E-state index >= 15 is 0 Å². The highest BCUT2D eigenvalue weighted by molar-refractivity contribution is 9.10. The number of benzene rings is 1. The van der Waals surface area contributed by atoms with Crippen LogP contribution >= 0.6 is 15.9 Å². The molecule has 1 N–H and O–H groups in total. The zero-order valence-electron chi connectivity index (χ0n) is 19.3. The van der Waals surface area contributed by atoms with Crippen molar-refractivity contribution in [3.05, 3.63) is 28.2 Å². The number of sulfonamides is 1. The number of nitrogens with one attached hydrogen (secondary N) is 1. The van der Waals surface area contributed by atoms with E-state index in [9.17, 15) is 31.2 Å². The minimum Gasteiger partial charge on any atom is -0.342 e. The van der Waals surface area contributed by atoms with E-state index < -0.39 is 38.1 Å². The van der Waals surface area contributed by atoms with Gasteiger partial charge >= 0.3 is 6.18 Å². The van der Waals surface area contributed by atoms with Crippen LogP contribution in [0.5, 0.6) is 0 Å². The molecule has 1 aromatic rings. The summed E-state index contributed by atoms with van der Waals surface area (Å²) in [6.45, 7) is 6.99. The number of amides is 2. The number of halogens is 4. The zero-order valence-corrected chi connectivity index (χ0v) is 21.7. The van der Waals surface area contributed by atoms with Gasteiger partial charge in [-0.15, -0.1) is 0 Å². The van der Waals surface area contributed by atoms with Crippen molar-refractivity contribution < 1.29 is 31.2 Å². The summed E-state index contributed by atoms with van der Waals surface area (Å²) in [5, 5.41) is 0. The molecule has 0 aromatic heterocycles. The van der Waals surface area contributed by atoms with E-state index in [0.717, 1.165) is 12.1 Å². The van der Waals surface area contributed by atoms with E-state index in [-0.39, 0.29) is 22.2 Å². The van der Waals surface area contributed by atoms with Crippen LogP contribution < -0.4 is 4.72 Å². The first-order valence-corrected chi connectivity index (χ1v) is 13.3. The highest BCUT2D eigenvalue weighted by atomic mass is 79.9. The Morgan fingerprint density at radius 3 is 2.18 bits per heavy atom. The van der Waals surface area contributed by atoms with Gasteiger partial charge in [0.2, 0.25) is 21.8 Å². The summed E-state index contributed by atoms with van der Waals surface area (Å²) < 4.78 is 68.1. The van der Waals surface area contributed by atoms with Crippen molar-refractivity contribution in [3.8, 4) is 0 Å². The van der Waals surface area contributed by atoms with Gasteiger partial charge in [0.1, 0.15) is 0 Å². The minimum atomic E-state index is -4.83. The third kappa shape index (κ3) is 6.12. The van der Waals surface area contributed by atoms with Crippen molar-refractivity contribution in [1.82, 2.24) is 14.5 Å². The zero-order chi connectivity index (χ0) is 25.5. The van der Waals surface area contributed by atoms with Crippen molar-refractivity contribution in [2.24, 2.45) is 11.3 Å². The Labute approximate surface area is 206 Å².